The number of nitrogens with one attached hydrogen (secondary N) is 1. The second-order valence-corrected chi connectivity index (χ2v) is 6.02. The van der Waals surface area contributed by atoms with Crippen molar-refractivity contribution in [2.75, 3.05) is 18.1 Å². The number of halogens is 5. The molecule has 0 atom stereocenters. The number of benzene rings is 1. The van der Waals surface area contributed by atoms with Crippen molar-refractivity contribution in [2.24, 2.45) is 0 Å². The third kappa shape index (κ3) is 5.11. The first-order chi connectivity index (χ1) is 13.0. The van der Waals surface area contributed by atoms with Gasteiger partial charge in [-0.25, -0.2) is 9.78 Å². The molecule has 28 heavy (non-hydrogen) atoms. The van der Waals surface area contributed by atoms with Crippen LogP contribution in [0.3, 0.4) is 0 Å². The Morgan fingerprint density at radius 2 is 1.79 bits per heavy atom. The fourth-order valence-electron chi connectivity index (χ4n) is 2.06. The molecule has 0 aliphatic rings. The van der Waals surface area contributed by atoms with Gasteiger partial charge in [-0.1, -0.05) is 23.2 Å². The Labute approximate surface area is 166 Å². The van der Waals surface area contributed by atoms with Gasteiger partial charge in [-0.3, -0.25) is 0 Å². The molecule has 0 saturated heterocycles. The van der Waals surface area contributed by atoms with E-state index in [2.05, 4.69) is 20.3 Å². The molecular weight excluding hydrogens is 422 g/mol. The first kappa shape index (κ1) is 21.5. The van der Waals surface area contributed by atoms with E-state index in [9.17, 15) is 13.2 Å². The lowest BCUT2D eigenvalue weighted by Gasteiger charge is -2.08. The number of fused-ring (bicyclic) bond motifs is 1. The molecular formula is C16H12Cl2F3N5O2. The number of aromatic nitrogens is 3. The number of carboxylic acid groups (broad SMARTS) is 1. The predicted octanol–water partition coefficient (Wildman–Crippen LogP) is 4.26. The van der Waals surface area contributed by atoms with Gasteiger partial charge in [0.25, 0.3) is 0 Å². The minimum absolute atomic E-state index is 0.161. The van der Waals surface area contributed by atoms with E-state index in [0.717, 1.165) is 10.9 Å². The van der Waals surface area contributed by atoms with Gasteiger partial charge < -0.3 is 16.2 Å². The van der Waals surface area contributed by atoms with Crippen LogP contribution in [0.1, 0.15) is 0 Å². The molecule has 7 nitrogen and oxygen atoms in total. The summed E-state index contributed by atoms with van der Waals surface area (Å²) in [5.74, 6) is -1.96. The molecule has 0 bridgehead atoms. The monoisotopic (exact) mass is 433 g/mol. The molecule has 4 N–H and O–H groups in total. The molecule has 0 saturated carbocycles. The number of anilines is 2. The van der Waals surface area contributed by atoms with Gasteiger partial charge in [0.2, 0.25) is 5.95 Å². The topological polar surface area (TPSA) is 114 Å². The number of nitrogen functional groups attached to an aromatic ring is 1. The predicted molar refractivity (Wildman–Crippen MR) is 100 cm³/mol. The van der Waals surface area contributed by atoms with Crippen molar-refractivity contribution in [3.05, 3.63) is 40.4 Å². The van der Waals surface area contributed by atoms with Gasteiger partial charge in [-0.05, 0) is 30.3 Å². The van der Waals surface area contributed by atoms with Crippen molar-refractivity contribution in [3.63, 3.8) is 0 Å². The highest BCUT2D eigenvalue weighted by Gasteiger charge is 2.38. The summed E-state index contributed by atoms with van der Waals surface area (Å²) in [6.45, 7) is 0. The maximum Gasteiger partial charge on any atom is 0.490 e. The molecule has 3 rings (SSSR count). The first-order valence-electron chi connectivity index (χ1n) is 7.40. The van der Waals surface area contributed by atoms with Crippen molar-refractivity contribution in [2.45, 2.75) is 6.18 Å². The van der Waals surface area contributed by atoms with E-state index in [1.54, 1.807) is 25.2 Å². The molecule has 0 aliphatic heterocycles. The van der Waals surface area contributed by atoms with Gasteiger partial charge in [-0.15, -0.1) is 0 Å². The highest BCUT2D eigenvalue weighted by Crippen LogP contribution is 2.31. The number of nitrogens with zero attached hydrogens (tertiary/aromatic N) is 3. The van der Waals surface area contributed by atoms with Crippen LogP contribution in [0.2, 0.25) is 10.0 Å². The normalized spacial score (nSPS) is 10.9. The standard InChI is InChI=1S/C14H11Cl2N5.C2HF3O2/c1-18-12-8-3-5-11(19-13(8)21-14(17)20-12)9-6-7(15)2-4-10(9)16;3-2(4,5)1(6)7/h2-6H,1H3,(H3,17,18,19,20,21);(H,6,7). The van der Waals surface area contributed by atoms with E-state index in [4.69, 9.17) is 38.8 Å². The fraction of sp³-hybridized carbons (Fsp3) is 0.125. The molecule has 0 amide bonds. The SMILES string of the molecule is CNc1nc(N)nc2nc(-c3cc(Cl)ccc3Cl)ccc12.O=C(O)C(F)(F)F. The minimum atomic E-state index is -5.08. The van der Waals surface area contributed by atoms with Gasteiger partial charge >= 0.3 is 12.1 Å². The largest absolute Gasteiger partial charge is 0.490 e. The number of hydrogen-bond donors (Lipinski definition) is 3. The van der Waals surface area contributed by atoms with Crippen LogP contribution in [-0.2, 0) is 4.79 Å². The van der Waals surface area contributed by atoms with Gasteiger partial charge in [0.15, 0.2) is 5.65 Å². The van der Waals surface area contributed by atoms with Crippen LogP contribution >= 0.6 is 23.2 Å². The van der Waals surface area contributed by atoms with E-state index in [1.165, 1.54) is 0 Å². The van der Waals surface area contributed by atoms with Crippen LogP contribution in [0, 0.1) is 0 Å². The number of nitrogens with two attached hydrogens (primary N) is 1. The summed E-state index contributed by atoms with van der Waals surface area (Å²) >= 11 is 12.2. The van der Waals surface area contributed by atoms with Gasteiger partial charge in [0.1, 0.15) is 5.82 Å². The minimum Gasteiger partial charge on any atom is -0.475 e. The van der Waals surface area contributed by atoms with Gasteiger partial charge in [0.05, 0.1) is 16.1 Å². The molecule has 3 aromatic rings. The second kappa shape index (κ2) is 8.44. The molecule has 0 fully saturated rings. The summed E-state index contributed by atoms with van der Waals surface area (Å²) in [6.07, 6.45) is -5.08. The maximum atomic E-state index is 10.6. The third-order valence-electron chi connectivity index (χ3n) is 3.26. The van der Waals surface area contributed by atoms with Crippen molar-refractivity contribution in [1.82, 2.24) is 15.0 Å². The Morgan fingerprint density at radius 1 is 1.14 bits per heavy atom. The Morgan fingerprint density at radius 3 is 2.36 bits per heavy atom. The third-order valence-corrected chi connectivity index (χ3v) is 3.83. The fourth-order valence-corrected chi connectivity index (χ4v) is 2.45. The molecule has 2 heterocycles. The highest BCUT2D eigenvalue weighted by atomic mass is 35.5. The van der Waals surface area contributed by atoms with Crippen LogP contribution in [-0.4, -0.2) is 39.3 Å². The zero-order valence-electron chi connectivity index (χ0n) is 14.1. The van der Waals surface area contributed by atoms with E-state index in [0.29, 0.717) is 27.2 Å². The number of alkyl halides is 3. The Kier molecular flexibility index (Phi) is 6.47. The number of hydrogen-bond acceptors (Lipinski definition) is 6. The average Bonchev–Trinajstić information content (AvgIpc) is 2.62. The lowest BCUT2D eigenvalue weighted by molar-refractivity contribution is -0.192. The molecule has 148 valence electrons. The number of carboxylic acids is 1. The summed E-state index contributed by atoms with van der Waals surface area (Å²) in [4.78, 5) is 21.7. The van der Waals surface area contributed by atoms with Crippen LogP contribution in [0.5, 0.6) is 0 Å². The first-order valence-corrected chi connectivity index (χ1v) is 8.16. The zero-order chi connectivity index (χ0) is 21.1. The molecule has 0 radical (unpaired) electrons. The van der Waals surface area contributed by atoms with Crippen LogP contribution in [0.15, 0.2) is 30.3 Å². The maximum absolute atomic E-state index is 10.6. The van der Waals surface area contributed by atoms with E-state index >= 15 is 0 Å². The summed E-state index contributed by atoms with van der Waals surface area (Å²) < 4.78 is 31.7. The van der Waals surface area contributed by atoms with Crippen LogP contribution < -0.4 is 11.1 Å². The average molecular weight is 434 g/mol. The number of aliphatic carboxylic acids is 1. The zero-order valence-corrected chi connectivity index (χ0v) is 15.6. The van der Waals surface area contributed by atoms with E-state index < -0.39 is 12.1 Å². The smallest absolute Gasteiger partial charge is 0.475 e. The molecule has 0 aliphatic carbocycles. The Hall–Kier alpha value is -2.85. The second-order valence-electron chi connectivity index (χ2n) is 5.18. The van der Waals surface area contributed by atoms with E-state index in [1.807, 2.05) is 12.1 Å². The number of pyridine rings is 1. The molecule has 0 spiro atoms. The lowest BCUT2D eigenvalue weighted by atomic mass is 10.1. The summed E-state index contributed by atoms with van der Waals surface area (Å²) in [7, 11) is 1.77. The van der Waals surface area contributed by atoms with Crippen molar-refractivity contribution < 1.29 is 23.1 Å². The molecule has 0 unspecified atom stereocenters. The van der Waals surface area contributed by atoms with E-state index in [-0.39, 0.29) is 5.95 Å². The summed E-state index contributed by atoms with van der Waals surface area (Å²) in [5.41, 5.74) is 7.61. The summed E-state index contributed by atoms with van der Waals surface area (Å²) in [6, 6.07) is 8.95. The van der Waals surface area contributed by atoms with Crippen LogP contribution in [0.4, 0.5) is 24.9 Å². The number of rotatable bonds is 2. The Balaban J connectivity index is 0.000000345. The quantitative estimate of drug-likeness (QED) is 0.553. The Bertz CT molecular complexity index is 1030. The molecule has 12 heteroatoms. The van der Waals surface area contributed by atoms with Crippen molar-refractivity contribution in [1.29, 1.82) is 0 Å². The molecule has 2 aromatic heterocycles. The highest BCUT2D eigenvalue weighted by molar-refractivity contribution is 6.35. The summed E-state index contributed by atoms with van der Waals surface area (Å²) in [5, 5.41) is 12.0. The van der Waals surface area contributed by atoms with Gasteiger partial charge in [0, 0.05) is 17.6 Å². The lowest BCUT2D eigenvalue weighted by Crippen LogP contribution is -2.21. The van der Waals surface area contributed by atoms with Crippen molar-refractivity contribution in [3.8, 4) is 11.3 Å². The van der Waals surface area contributed by atoms with Crippen LogP contribution in [0.25, 0.3) is 22.3 Å². The number of carbonyl (C=O) groups is 1. The van der Waals surface area contributed by atoms with Crippen molar-refractivity contribution >= 4 is 52.0 Å². The van der Waals surface area contributed by atoms with Gasteiger partial charge in [-0.2, -0.15) is 23.1 Å². The molecule has 1 aromatic carbocycles.